The van der Waals surface area contributed by atoms with E-state index in [2.05, 4.69) is 0 Å². The minimum atomic E-state index is 0.603. The van der Waals surface area contributed by atoms with Crippen LogP contribution in [-0.4, -0.2) is 27.9 Å². The van der Waals surface area contributed by atoms with Crippen molar-refractivity contribution in [2.75, 3.05) is 27.9 Å². The number of benzene rings is 3. The van der Waals surface area contributed by atoms with Crippen LogP contribution in [0.25, 0.3) is 22.3 Å². The molecule has 1 heterocycles. The Morgan fingerprint density at radius 3 is 2.31 bits per heavy atom. The highest BCUT2D eigenvalue weighted by atomic mass is 35.5. The molecule has 0 N–H and O–H groups in total. The topological polar surface area (TPSA) is 53.2 Å². The van der Waals surface area contributed by atoms with E-state index in [4.69, 9.17) is 35.2 Å². The molecule has 1 aromatic heterocycles. The van der Waals surface area contributed by atoms with Gasteiger partial charge >= 0.3 is 0 Å². The number of halogens is 1. The minimum Gasteiger partial charge on any atom is -0.497 e. The van der Waals surface area contributed by atoms with E-state index in [1.165, 1.54) is 0 Å². The summed E-state index contributed by atoms with van der Waals surface area (Å²) in [5.41, 5.74) is 2.79. The van der Waals surface area contributed by atoms with Crippen molar-refractivity contribution in [3.8, 4) is 28.6 Å². The average Bonchev–Trinajstić information content (AvgIpc) is 2.83. The number of methoxy groups -OCH3 is 3. The van der Waals surface area contributed by atoms with Gasteiger partial charge in [0.1, 0.15) is 17.1 Å². The van der Waals surface area contributed by atoms with E-state index in [-0.39, 0.29) is 0 Å². The van der Waals surface area contributed by atoms with E-state index in [9.17, 15) is 0 Å². The largest absolute Gasteiger partial charge is 0.497 e. The molecule has 0 amide bonds. The molecule has 0 aliphatic rings. The van der Waals surface area contributed by atoms with Gasteiger partial charge in [0.05, 0.1) is 26.7 Å². The number of hydrogen-bond donors (Lipinski definition) is 0. The number of nitrogens with zero attached hydrogens (tertiary/aromatic N) is 1. The summed E-state index contributed by atoms with van der Waals surface area (Å²) in [4.78, 5) is 4.89. The molecule has 6 heteroatoms. The van der Waals surface area contributed by atoms with Crippen molar-refractivity contribution in [3.63, 3.8) is 0 Å². The van der Waals surface area contributed by atoms with Crippen molar-refractivity contribution in [1.82, 2.24) is 0 Å². The fourth-order valence-electron chi connectivity index (χ4n) is 3.50. The summed E-state index contributed by atoms with van der Waals surface area (Å²) in [5, 5.41) is 2.42. The smallest absolute Gasteiger partial charge is 0.160 e. The van der Waals surface area contributed by atoms with Crippen LogP contribution in [0.2, 0.25) is 5.02 Å². The molecule has 0 saturated carbocycles. The Bertz CT molecular complexity index is 1300. The maximum atomic E-state index is 6.16. The SMILES string of the molecule is COc1ccc2oc(-c3ccc(Cl)cc3)cc(=NCCc3ccc(OC)c(OC)c3)c2c1. The Kier molecular flexibility index (Phi) is 6.66. The zero-order valence-corrected chi connectivity index (χ0v) is 19.0. The first-order valence-electron chi connectivity index (χ1n) is 10.2. The van der Waals surface area contributed by atoms with Crippen LogP contribution in [0.1, 0.15) is 5.56 Å². The number of ether oxygens (including phenoxy) is 3. The van der Waals surface area contributed by atoms with E-state index in [0.29, 0.717) is 23.1 Å². The van der Waals surface area contributed by atoms with E-state index in [0.717, 1.165) is 45.4 Å². The molecule has 0 spiro atoms. The first-order chi connectivity index (χ1) is 15.6. The molecule has 164 valence electrons. The quantitative estimate of drug-likeness (QED) is 0.351. The molecule has 0 radical (unpaired) electrons. The lowest BCUT2D eigenvalue weighted by atomic mass is 10.1. The summed E-state index contributed by atoms with van der Waals surface area (Å²) in [5.74, 6) is 2.90. The highest BCUT2D eigenvalue weighted by molar-refractivity contribution is 6.30. The third kappa shape index (κ3) is 4.73. The normalized spacial score (nSPS) is 11.6. The fourth-order valence-corrected chi connectivity index (χ4v) is 3.63. The molecule has 4 rings (SSSR count). The average molecular weight is 450 g/mol. The van der Waals surface area contributed by atoms with Crippen LogP contribution in [0.4, 0.5) is 0 Å². The summed E-state index contributed by atoms with van der Waals surface area (Å²) >= 11 is 6.05. The van der Waals surface area contributed by atoms with Gasteiger partial charge in [0.15, 0.2) is 11.5 Å². The van der Waals surface area contributed by atoms with E-state index in [1.807, 2.05) is 66.7 Å². The van der Waals surface area contributed by atoms with Crippen LogP contribution < -0.4 is 19.6 Å². The number of hydrogen-bond acceptors (Lipinski definition) is 5. The van der Waals surface area contributed by atoms with Crippen molar-refractivity contribution in [2.45, 2.75) is 6.42 Å². The zero-order valence-electron chi connectivity index (χ0n) is 18.2. The van der Waals surface area contributed by atoms with Gasteiger partial charge in [-0.2, -0.15) is 0 Å². The molecule has 3 aromatic carbocycles. The van der Waals surface area contributed by atoms with Crippen molar-refractivity contribution in [1.29, 1.82) is 0 Å². The van der Waals surface area contributed by atoms with Gasteiger partial charge < -0.3 is 18.6 Å². The van der Waals surface area contributed by atoms with Crippen molar-refractivity contribution in [3.05, 3.63) is 82.7 Å². The fraction of sp³-hybridized carbons (Fsp3) is 0.192. The standard InChI is InChI=1S/C26H24ClNO4/c1-29-20-9-11-23-21(15-20)22(16-25(32-23)18-5-7-19(27)8-6-18)28-13-12-17-4-10-24(30-2)26(14-17)31-3/h4-11,14-16H,12-13H2,1-3H3. The Morgan fingerprint density at radius 1 is 0.812 bits per heavy atom. The predicted octanol–water partition coefficient (Wildman–Crippen LogP) is 5.92. The monoisotopic (exact) mass is 449 g/mol. The first-order valence-corrected chi connectivity index (χ1v) is 10.6. The van der Waals surface area contributed by atoms with E-state index < -0.39 is 0 Å². The molecule has 0 fully saturated rings. The lowest BCUT2D eigenvalue weighted by Gasteiger charge is -2.09. The molecule has 0 bridgehead atoms. The third-order valence-electron chi connectivity index (χ3n) is 5.21. The summed E-state index contributed by atoms with van der Waals surface area (Å²) < 4.78 is 22.3. The summed E-state index contributed by atoms with van der Waals surface area (Å²) in [6.07, 6.45) is 0.758. The highest BCUT2D eigenvalue weighted by Crippen LogP contribution is 2.28. The molecule has 5 nitrogen and oxygen atoms in total. The zero-order chi connectivity index (χ0) is 22.5. The lowest BCUT2D eigenvalue weighted by Crippen LogP contribution is -2.06. The second kappa shape index (κ2) is 9.79. The van der Waals surface area contributed by atoms with Gasteiger partial charge in [-0.3, -0.25) is 4.99 Å². The summed E-state index contributed by atoms with van der Waals surface area (Å²) in [6, 6.07) is 21.2. The predicted molar refractivity (Wildman–Crippen MR) is 127 cm³/mol. The number of fused-ring (bicyclic) bond motifs is 1. The van der Waals surface area contributed by atoms with Crippen molar-refractivity contribution >= 4 is 22.6 Å². The summed E-state index contributed by atoms with van der Waals surface area (Å²) in [6.45, 7) is 0.603. The van der Waals surface area contributed by atoms with Crippen molar-refractivity contribution in [2.24, 2.45) is 4.99 Å². The summed E-state index contributed by atoms with van der Waals surface area (Å²) in [7, 11) is 4.91. The van der Waals surface area contributed by atoms with Gasteiger partial charge in [-0.15, -0.1) is 0 Å². The molecule has 0 unspecified atom stereocenters. The van der Waals surface area contributed by atoms with Crippen LogP contribution >= 0.6 is 11.6 Å². The molecule has 0 aliphatic heterocycles. The maximum absolute atomic E-state index is 6.16. The van der Waals surface area contributed by atoms with Crippen LogP contribution in [0, 0.1) is 0 Å². The first kappa shape index (κ1) is 21.8. The maximum Gasteiger partial charge on any atom is 0.160 e. The Balaban J connectivity index is 1.72. The Morgan fingerprint density at radius 2 is 1.59 bits per heavy atom. The van der Waals surface area contributed by atoms with Crippen LogP contribution in [0.3, 0.4) is 0 Å². The van der Waals surface area contributed by atoms with Gasteiger partial charge in [-0.1, -0.05) is 17.7 Å². The van der Waals surface area contributed by atoms with Gasteiger partial charge in [-0.25, -0.2) is 0 Å². The molecule has 32 heavy (non-hydrogen) atoms. The van der Waals surface area contributed by atoms with Gasteiger partial charge in [0.2, 0.25) is 0 Å². The van der Waals surface area contributed by atoms with E-state index in [1.54, 1.807) is 21.3 Å². The number of rotatable bonds is 7. The Labute approximate surface area is 191 Å². The molecule has 0 atom stereocenters. The van der Waals surface area contributed by atoms with Gasteiger partial charge in [0, 0.05) is 28.6 Å². The molecule has 4 aromatic rings. The Hall–Kier alpha value is -3.44. The molecule has 0 saturated heterocycles. The van der Waals surface area contributed by atoms with Crippen LogP contribution in [0.15, 0.2) is 76.1 Å². The van der Waals surface area contributed by atoms with Crippen LogP contribution in [0.5, 0.6) is 17.2 Å². The second-order valence-corrected chi connectivity index (χ2v) is 7.62. The van der Waals surface area contributed by atoms with Gasteiger partial charge in [0.25, 0.3) is 0 Å². The lowest BCUT2D eigenvalue weighted by molar-refractivity contribution is 0.354. The van der Waals surface area contributed by atoms with E-state index >= 15 is 0 Å². The van der Waals surface area contributed by atoms with Crippen molar-refractivity contribution < 1.29 is 18.6 Å². The highest BCUT2D eigenvalue weighted by Gasteiger charge is 2.08. The van der Waals surface area contributed by atoms with Crippen LogP contribution in [-0.2, 0) is 6.42 Å². The molecular weight excluding hydrogens is 426 g/mol. The minimum absolute atomic E-state index is 0.603. The second-order valence-electron chi connectivity index (χ2n) is 7.19. The third-order valence-corrected chi connectivity index (χ3v) is 5.46. The molecule has 0 aliphatic carbocycles. The van der Waals surface area contributed by atoms with Gasteiger partial charge in [-0.05, 0) is 66.6 Å². The molecular formula is C26H24ClNO4.